The van der Waals surface area contributed by atoms with Crippen molar-refractivity contribution < 1.29 is 0 Å². The zero-order valence-corrected chi connectivity index (χ0v) is 4.61. The van der Waals surface area contributed by atoms with E-state index >= 15 is 0 Å². The first-order valence-electron chi connectivity index (χ1n) is 2.37. The van der Waals surface area contributed by atoms with E-state index in [1.165, 1.54) is 18.5 Å². The van der Waals surface area contributed by atoms with Crippen molar-refractivity contribution in [1.82, 2.24) is 4.98 Å². The highest BCUT2D eigenvalue weighted by atomic mass is 16.3. The summed E-state index contributed by atoms with van der Waals surface area (Å²) in [5.41, 5.74) is 5.83. The number of nitrogens with zero attached hydrogens (tertiary/aromatic N) is 2. The topological polar surface area (TPSA) is 68.3 Å². The first kappa shape index (κ1) is 5.68. The SMILES string of the molecule is Nc1cnccc1N=O. The summed E-state index contributed by atoms with van der Waals surface area (Å²) in [6.45, 7) is 0. The van der Waals surface area contributed by atoms with E-state index in [4.69, 9.17) is 5.73 Å². The maximum atomic E-state index is 9.87. The van der Waals surface area contributed by atoms with Crippen LogP contribution in [0.2, 0.25) is 0 Å². The van der Waals surface area contributed by atoms with Gasteiger partial charge in [-0.15, -0.1) is 4.91 Å². The van der Waals surface area contributed by atoms with Crippen LogP contribution < -0.4 is 5.73 Å². The number of nitrogen functional groups attached to an aromatic ring is 1. The molecule has 46 valence electrons. The van der Waals surface area contributed by atoms with Gasteiger partial charge in [0.1, 0.15) is 5.69 Å². The summed E-state index contributed by atoms with van der Waals surface area (Å²) in [5, 5.41) is 2.66. The second-order valence-electron chi connectivity index (χ2n) is 1.53. The summed E-state index contributed by atoms with van der Waals surface area (Å²) in [5.74, 6) is 0. The molecule has 0 spiro atoms. The van der Waals surface area contributed by atoms with Crippen LogP contribution >= 0.6 is 0 Å². The van der Waals surface area contributed by atoms with Gasteiger partial charge in [-0.3, -0.25) is 4.98 Å². The molecular weight excluding hydrogens is 118 g/mol. The molecule has 4 nitrogen and oxygen atoms in total. The largest absolute Gasteiger partial charge is 0.396 e. The fourth-order valence-corrected chi connectivity index (χ4v) is 0.482. The van der Waals surface area contributed by atoms with E-state index in [-0.39, 0.29) is 5.69 Å². The fourth-order valence-electron chi connectivity index (χ4n) is 0.482. The number of nitroso groups, excluding NO2 is 1. The Labute approximate surface area is 51.7 Å². The molecule has 1 aromatic heterocycles. The van der Waals surface area contributed by atoms with Crippen LogP contribution in [0.5, 0.6) is 0 Å². The van der Waals surface area contributed by atoms with Crippen molar-refractivity contribution >= 4 is 11.4 Å². The molecule has 1 heterocycles. The Morgan fingerprint density at radius 2 is 2.44 bits per heavy atom. The fraction of sp³-hybridized carbons (Fsp3) is 0. The minimum Gasteiger partial charge on any atom is -0.396 e. The van der Waals surface area contributed by atoms with Gasteiger partial charge in [-0.05, 0) is 11.2 Å². The van der Waals surface area contributed by atoms with E-state index in [0.29, 0.717) is 5.69 Å². The molecule has 0 aromatic carbocycles. The van der Waals surface area contributed by atoms with Crippen LogP contribution in [0.1, 0.15) is 0 Å². The van der Waals surface area contributed by atoms with Crippen molar-refractivity contribution in [3.8, 4) is 0 Å². The molecule has 0 bridgehead atoms. The molecule has 1 aromatic rings. The average Bonchev–Trinajstić information content (AvgIpc) is 1.89. The highest BCUT2D eigenvalue weighted by Crippen LogP contribution is 2.17. The van der Waals surface area contributed by atoms with Crippen molar-refractivity contribution in [2.24, 2.45) is 5.18 Å². The second-order valence-corrected chi connectivity index (χ2v) is 1.53. The number of hydrogen-bond acceptors (Lipinski definition) is 4. The van der Waals surface area contributed by atoms with E-state index in [9.17, 15) is 4.91 Å². The second kappa shape index (κ2) is 2.21. The Morgan fingerprint density at radius 3 is 2.89 bits per heavy atom. The smallest absolute Gasteiger partial charge is 0.133 e. The van der Waals surface area contributed by atoms with E-state index in [1.54, 1.807) is 0 Å². The lowest BCUT2D eigenvalue weighted by Crippen LogP contribution is -1.84. The van der Waals surface area contributed by atoms with Crippen molar-refractivity contribution in [2.45, 2.75) is 0 Å². The molecule has 0 fully saturated rings. The predicted octanol–water partition coefficient (Wildman–Crippen LogP) is 1.06. The molecule has 0 aliphatic carbocycles. The lowest BCUT2D eigenvalue weighted by Gasteiger charge is -1.90. The van der Waals surface area contributed by atoms with Crippen molar-refractivity contribution in [2.75, 3.05) is 5.73 Å². The van der Waals surface area contributed by atoms with Crippen LogP contribution in [0.3, 0.4) is 0 Å². The average molecular weight is 123 g/mol. The molecule has 0 unspecified atom stereocenters. The van der Waals surface area contributed by atoms with Crippen molar-refractivity contribution in [3.05, 3.63) is 23.4 Å². The summed E-state index contributed by atoms with van der Waals surface area (Å²) in [4.78, 5) is 13.5. The molecule has 2 N–H and O–H groups in total. The molecule has 0 radical (unpaired) electrons. The van der Waals surface area contributed by atoms with E-state index < -0.39 is 0 Å². The number of pyridine rings is 1. The first-order valence-corrected chi connectivity index (χ1v) is 2.37. The third-order valence-electron chi connectivity index (χ3n) is 0.926. The molecule has 0 saturated carbocycles. The lowest BCUT2D eigenvalue weighted by atomic mass is 10.4. The number of rotatable bonds is 1. The lowest BCUT2D eigenvalue weighted by molar-refractivity contribution is 1.31. The highest BCUT2D eigenvalue weighted by molar-refractivity contribution is 5.59. The molecule has 0 atom stereocenters. The molecular formula is C5H5N3O. The van der Waals surface area contributed by atoms with Gasteiger partial charge in [-0.1, -0.05) is 0 Å². The number of anilines is 1. The van der Waals surface area contributed by atoms with Gasteiger partial charge in [0.25, 0.3) is 0 Å². The summed E-state index contributed by atoms with van der Waals surface area (Å²) in [6, 6.07) is 1.46. The normalized spacial score (nSPS) is 8.89. The third kappa shape index (κ3) is 1.02. The Bertz CT molecular complexity index is 223. The van der Waals surface area contributed by atoms with E-state index in [0.717, 1.165) is 0 Å². The van der Waals surface area contributed by atoms with Gasteiger partial charge in [0.2, 0.25) is 0 Å². The summed E-state index contributed by atoms with van der Waals surface area (Å²) in [6.07, 6.45) is 2.85. The number of nitrogens with two attached hydrogens (primary N) is 1. The molecule has 0 aliphatic heterocycles. The van der Waals surface area contributed by atoms with Gasteiger partial charge in [0.15, 0.2) is 0 Å². The Balaban J connectivity index is 3.15. The molecule has 0 aliphatic rings. The first-order chi connectivity index (χ1) is 4.34. The Hall–Kier alpha value is -1.45. The van der Waals surface area contributed by atoms with Crippen LogP contribution in [0, 0.1) is 4.91 Å². The molecule has 1 rings (SSSR count). The Morgan fingerprint density at radius 1 is 1.67 bits per heavy atom. The van der Waals surface area contributed by atoms with Crippen molar-refractivity contribution in [3.63, 3.8) is 0 Å². The van der Waals surface area contributed by atoms with Crippen LogP contribution in [0.25, 0.3) is 0 Å². The molecule has 9 heavy (non-hydrogen) atoms. The molecule has 0 amide bonds. The third-order valence-corrected chi connectivity index (χ3v) is 0.926. The quantitative estimate of drug-likeness (QED) is 0.567. The number of hydrogen-bond donors (Lipinski definition) is 1. The van der Waals surface area contributed by atoms with E-state index in [1.807, 2.05) is 0 Å². The van der Waals surface area contributed by atoms with Gasteiger partial charge in [-0.25, -0.2) is 0 Å². The van der Waals surface area contributed by atoms with Gasteiger partial charge < -0.3 is 5.73 Å². The molecule has 4 heteroatoms. The van der Waals surface area contributed by atoms with Gasteiger partial charge in [0, 0.05) is 6.20 Å². The van der Waals surface area contributed by atoms with Crippen LogP contribution in [-0.2, 0) is 0 Å². The minimum absolute atomic E-state index is 0.241. The maximum Gasteiger partial charge on any atom is 0.133 e. The van der Waals surface area contributed by atoms with Crippen LogP contribution in [0.4, 0.5) is 11.4 Å². The molecule has 0 saturated heterocycles. The monoisotopic (exact) mass is 123 g/mol. The van der Waals surface area contributed by atoms with E-state index in [2.05, 4.69) is 10.2 Å². The Kier molecular flexibility index (Phi) is 1.40. The highest BCUT2D eigenvalue weighted by Gasteiger charge is 1.93. The zero-order valence-electron chi connectivity index (χ0n) is 4.61. The van der Waals surface area contributed by atoms with Crippen LogP contribution in [0.15, 0.2) is 23.6 Å². The van der Waals surface area contributed by atoms with Crippen LogP contribution in [-0.4, -0.2) is 4.98 Å². The van der Waals surface area contributed by atoms with Gasteiger partial charge in [0.05, 0.1) is 11.9 Å². The van der Waals surface area contributed by atoms with Gasteiger partial charge >= 0.3 is 0 Å². The van der Waals surface area contributed by atoms with Crippen molar-refractivity contribution in [1.29, 1.82) is 0 Å². The maximum absolute atomic E-state index is 9.87. The number of aromatic nitrogens is 1. The summed E-state index contributed by atoms with van der Waals surface area (Å²) in [7, 11) is 0. The zero-order chi connectivity index (χ0) is 6.69. The predicted molar refractivity (Wildman–Crippen MR) is 34.1 cm³/mol. The minimum atomic E-state index is 0.241. The summed E-state index contributed by atoms with van der Waals surface area (Å²) >= 11 is 0. The summed E-state index contributed by atoms with van der Waals surface area (Å²) < 4.78 is 0. The van der Waals surface area contributed by atoms with Gasteiger partial charge in [-0.2, -0.15) is 0 Å². The standard InChI is InChI=1S/C5H5N3O/c6-4-3-7-2-1-5(4)8-9/h1-3H,6H2.